The molecule has 0 spiro atoms. The first-order valence-corrected chi connectivity index (χ1v) is 10.3. The Morgan fingerprint density at radius 2 is 1.79 bits per heavy atom. The molecule has 0 saturated carbocycles. The Morgan fingerprint density at radius 3 is 2.46 bits per heavy atom. The van der Waals surface area contributed by atoms with Crippen molar-refractivity contribution in [1.29, 1.82) is 0 Å². The lowest BCUT2D eigenvalue weighted by Crippen LogP contribution is -2.14. The summed E-state index contributed by atoms with van der Waals surface area (Å²) in [5.41, 5.74) is 0.809. The van der Waals surface area contributed by atoms with Crippen molar-refractivity contribution in [2.45, 2.75) is 11.4 Å². The highest BCUT2D eigenvalue weighted by molar-refractivity contribution is 7.92. The Hall–Kier alpha value is -2.42. The van der Waals surface area contributed by atoms with Gasteiger partial charge in [0.1, 0.15) is 0 Å². The summed E-state index contributed by atoms with van der Waals surface area (Å²) in [6.45, 7) is 0.369. The largest absolute Gasteiger partial charge is 0.493 e. The molecule has 0 saturated heterocycles. The van der Waals surface area contributed by atoms with Gasteiger partial charge in [-0.05, 0) is 29.8 Å². The number of aromatic nitrogens is 2. The molecule has 1 aromatic heterocycles. The zero-order valence-electron chi connectivity index (χ0n) is 15.0. The highest BCUT2D eigenvalue weighted by Crippen LogP contribution is 2.30. The molecule has 148 valence electrons. The van der Waals surface area contributed by atoms with Gasteiger partial charge in [-0.1, -0.05) is 29.3 Å². The molecule has 0 radical (unpaired) electrons. The maximum Gasteiger partial charge on any atom is 0.263 e. The summed E-state index contributed by atoms with van der Waals surface area (Å²) < 4.78 is 39.6. The molecular formula is C18H17Cl2N3O4S. The fourth-order valence-corrected chi connectivity index (χ4v) is 3.99. The van der Waals surface area contributed by atoms with Gasteiger partial charge >= 0.3 is 0 Å². The molecule has 3 rings (SSSR count). The van der Waals surface area contributed by atoms with Crippen LogP contribution in [0.3, 0.4) is 0 Å². The van der Waals surface area contributed by atoms with E-state index < -0.39 is 10.0 Å². The average molecular weight is 442 g/mol. The van der Waals surface area contributed by atoms with Crippen LogP contribution >= 0.6 is 23.2 Å². The summed E-state index contributed by atoms with van der Waals surface area (Å²) in [7, 11) is -0.937. The van der Waals surface area contributed by atoms with Crippen LogP contribution in [-0.4, -0.2) is 32.4 Å². The van der Waals surface area contributed by atoms with E-state index in [9.17, 15) is 8.42 Å². The molecule has 0 amide bonds. The standard InChI is InChI=1S/C18H17Cl2N3O4S/c1-26-16-6-5-14(10-17(16)27-2)28(24,25)22-18-7-8-23(21-18)11-12-3-4-13(19)9-15(12)20/h3-10H,11H2,1-2H3,(H,21,22). The zero-order valence-corrected chi connectivity index (χ0v) is 17.3. The van der Waals surface area contributed by atoms with E-state index in [1.54, 1.807) is 35.1 Å². The molecule has 0 aliphatic carbocycles. The van der Waals surface area contributed by atoms with Gasteiger partial charge in [-0.2, -0.15) is 5.10 Å². The number of rotatable bonds is 7. The molecule has 0 aliphatic rings. The number of halogens is 2. The smallest absolute Gasteiger partial charge is 0.263 e. The van der Waals surface area contributed by atoms with Crippen molar-refractivity contribution in [3.63, 3.8) is 0 Å². The van der Waals surface area contributed by atoms with E-state index in [0.29, 0.717) is 28.1 Å². The SMILES string of the molecule is COc1ccc(S(=O)(=O)Nc2ccn(Cc3ccc(Cl)cc3Cl)n2)cc1OC. The summed E-state index contributed by atoms with van der Waals surface area (Å²) in [6, 6.07) is 11.0. The molecule has 0 fully saturated rings. The Kier molecular flexibility index (Phi) is 6.02. The number of methoxy groups -OCH3 is 2. The highest BCUT2D eigenvalue weighted by Gasteiger charge is 2.18. The Balaban J connectivity index is 1.78. The Morgan fingerprint density at radius 1 is 1.04 bits per heavy atom. The number of anilines is 1. The number of benzene rings is 2. The van der Waals surface area contributed by atoms with E-state index in [4.69, 9.17) is 32.7 Å². The van der Waals surface area contributed by atoms with Crippen LogP contribution in [0.4, 0.5) is 5.82 Å². The van der Waals surface area contributed by atoms with E-state index in [2.05, 4.69) is 9.82 Å². The molecule has 0 atom stereocenters. The van der Waals surface area contributed by atoms with Crippen LogP contribution in [0.5, 0.6) is 11.5 Å². The van der Waals surface area contributed by atoms with Crippen LogP contribution in [0, 0.1) is 0 Å². The molecule has 7 nitrogen and oxygen atoms in total. The number of ether oxygens (including phenoxy) is 2. The second-order valence-corrected chi connectivity index (χ2v) is 8.28. The lowest BCUT2D eigenvalue weighted by Gasteiger charge is -2.10. The lowest BCUT2D eigenvalue weighted by molar-refractivity contribution is 0.354. The van der Waals surface area contributed by atoms with Crippen LogP contribution in [0.2, 0.25) is 10.0 Å². The molecule has 1 heterocycles. The quantitative estimate of drug-likeness (QED) is 0.597. The van der Waals surface area contributed by atoms with Crippen molar-refractivity contribution in [3.8, 4) is 11.5 Å². The maximum absolute atomic E-state index is 12.6. The van der Waals surface area contributed by atoms with E-state index in [1.165, 1.54) is 32.4 Å². The van der Waals surface area contributed by atoms with Crippen molar-refractivity contribution in [2.24, 2.45) is 0 Å². The normalized spacial score (nSPS) is 11.3. The molecule has 10 heteroatoms. The zero-order chi connectivity index (χ0) is 20.3. The molecule has 0 aliphatic heterocycles. The minimum Gasteiger partial charge on any atom is -0.493 e. The monoisotopic (exact) mass is 441 g/mol. The van der Waals surface area contributed by atoms with Crippen LogP contribution in [0.15, 0.2) is 53.6 Å². The first kappa shape index (κ1) is 20.3. The highest BCUT2D eigenvalue weighted by atomic mass is 35.5. The molecule has 0 bridgehead atoms. The molecule has 1 N–H and O–H groups in total. The molecule has 28 heavy (non-hydrogen) atoms. The summed E-state index contributed by atoms with van der Waals surface area (Å²) in [4.78, 5) is 0.0282. The number of nitrogens with one attached hydrogen (secondary N) is 1. The van der Waals surface area contributed by atoms with E-state index in [0.717, 1.165) is 5.56 Å². The van der Waals surface area contributed by atoms with Crippen LogP contribution in [0.1, 0.15) is 5.56 Å². The summed E-state index contributed by atoms with van der Waals surface area (Å²) >= 11 is 12.1. The third-order valence-corrected chi connectivity index (χ3v) is 5.83. The second-order valence-electron chi connectivity index (χ2n) is 5.76. The van der Waals surface area contributed by atoms with Crippen LogP contribution < -0.4 is 14.2 Å². The summed E-state index contributed by atoms with van der Waals surface area (Å²) in [5.74, 6) is 0.929. The second kappa shape index (κ2) is 8.30. The number of nitrogens with zero attached hydrogens (tertiary/aromatic N) is 2. The van der Waals surface area contributed by atoms with Gasteiger partial charge in [-0.25, -0.2) is 8.42 Å². The fourth-order valence-electron chi connectivity index (χ4n) is 2.51. The molecular weight excluding hydrogens is 425 g/mol. The van der Waals surface area contributed by atoms with Gasteiger partial charge < -0.3 is 9.47 Å². The first-order chi connectivity index (χ1) is 13.3. The third-order valence-electron chi connectivity index (χ3n) is 3.89. The van der Waals surface area contributed by atoms with Crippen LogP contribution in [0.25, 0.3) is 0 Å². The van der Waals surface area contributed by atoms with Gasteiger partial charge in [0.05, 0.1) is 25.7 Å². The maximum atomic E-state index is 12.6. The van der Waals surface area contributed by atoms with E-state index in [1.807, 2.05) is 0 Å². The molecule has 2 aromatic carbocycles. The summed E-state index contributed by atoms with van der Waals surface area (Å²) in [6.07, 6.45) is 1.65. The van der Waals surface area contributed by atoms with Gasteiger partial charge in [-0.15, -0.1) is 0 Å². The lowest BCUT2D eigenvalue weighted by atomic mass is 10.2. The van der Waals surface area contributed by atoms with Crippen molar-refractivity contribution in [1.82, 2.24) is 9.78 Å². The predicted molar refractivity (Wildman–Crippen MR) is 108 cm³/mol. The van der Waals surface area contributed by atoms with Crippen molar-refractivity contribution in [2.75, 3.05) is 18.9 Å². The summed E-state index contributed by atoms with van der Waals surface area (Å²) in [5, 5.41) is 5.28. The fraction of sp³-hybridized carbons (Fsp3) is 0.167. The number of sulfonamides is 1. The Bertz CT molecular complexity index is 1100. The minimum absolute atomic E-state index is 0.0282. The van der Waals surface area contributed by atoms with Gasteiger partial charge in [0.15, 0.2) is 17.3 Å². The topological polar surface area (TPSA) is 82.5 Å². The van der Waals surface area contributed by atoms with Gasteiger partial charge in [0.25, 0.3) is 10.0 Å². The van der Waals surface area contributed by atoms with E-state index >= 15 is 0 Å². The average Bonchev–Trinajstić information content (AvgIpc) is 3.09. The predicted octanol–water partition coefficient (Wildman–Crippen LogP) is 4.06. The number of hydrogen-bond donors (Lipinski definition) is 1. The molecule has 3 aromatic rings. The van der Waals surface area contributed by atoms with Gasteiger partial charge in [-0.3, -0.25) is 9.40 Å². The van der Waals surface area contributed by atoms with Crippen molar-refractivity contribution < 1.29 is 17.9 Å². The van der Waals surface area contributed by atoms with E-state index in [-0.39, 0.29) is 10.7 Å². The third kappa shape index (κ3) is 4.52. The Labute approximate surface area is 172 Å². The van der Waals surface area contributed by atoms with Gasteiger partial charge in [0.2, 0.25) is 0 Å². The first-order valence-electron chi connectivity index (χ1n) is 8.04. The minimum atomic E-state index is -3.85. The van der Waals surface area contributed by atoms with Crippen LogP contribution in [-0.2, 0) is 16.6 Å². The number of hydrogen-bond acceptors (Lipinski definition) is 5. The molecule has 0 unspecified atom stereocenters. The van der Waals surface area contributed by atoms with Gasteiger partial charge in [0, 0.05) is 28.4 Å². The van der Waals surface area contributed by atoms with Crippen molar-refractivity contribution in [3.05, 3.63) is 64.3 Å². The van der Waals surface area contributed by atoms with Crippen molar-refractivity contribution >= 4 is 39.0 Å².